The van der Waals surface area contributed by atoms with Crippen molar-refractivity contribution in [3.8, 4) is 11.4 Å². The molecule has 0 bridgehead atoms. The Labute approximate surface area is 161 Å². The van der Waals surface area contributed by atoms with Crippen molar-refractivity contribution >= 4 is 23.5 Å². The summed E-state index contributed by atoms with van der Waals surface area (Å²) < 4.78 is 1.71. The van der Waals surface area contributed by atoms with Gasteiger partial charge >= 0.3 is 0 Å². The number of fused-ring (bicyclic) bond motifs is 1. The smallest absolute Gasteiger partial charge is 0.248 e. The summed E-state index contributed by atoms with van der Waals surface area (Å²) in [6, 6.07) is 14.8. The zero-order valence-corrected chi connectivity index (χ0v) is 15.7. The maximum atomic E-state index is 12.2. The van der Waals surface area contributed by atoms with Crippen molar-refractivity contribution in [2.24, 2.45) is 5.73 Å². The molecule has 136 valence electrons. The highest BCUT2D eigenvalue weighted by Crippen LogP contribution is 2.36. The summed E-state index contributed by atoms with van der Waals surface area (Å²) in [4.78, 5) is 16.8. The van der Waals surface area contributed by atoms with Crippen LogP contribution in [-0.4, -0.2) is 20.7 Å². The van der Waals surface area contributed by atoms with Gasteiger partial charge in [-0.25, -0.2) is 4.68 Å². The molecule has 4 rings (SSSR count). The molecular formula is C20H18ClN5O. The number of anilines is 1. The molecule has 27 heavy (non-hydrogen) atoms. The number of amides is 1. The summed E-state index contributed by atoms with van der Waals surface area (Å²) >= 11 is 5.97. The number of halogens is 1. The van der Waals surface area contributed by atoms with Gasteiger partial charge < -0.3 is 11.1 Å². The first-order chi connectivity index (χ1) is 12.9. The van der Waals surface area contributed by atoms with Gasteiger partial charge in [-0.1, -0.05) is 41.4 Å². The number of hydrogen-bond donors (Lipinski definition) is 2. The quantitative estimate of drug-likeness (QED) is 0.726. The normalized spacial score (nSPS) is 16.0. The van der Waals surface area contributed by atoms with Gasteiger partial charge in [-0.05, 0) is 43.7 Å². The van der Waals surface area contributed by atoms with Crippen LogP contribution in [0, 0.1) is 6.92 Å². The van der Waals surface area contributed by atoms with E-state index in [0.29, 0.717) is 28.1 Å². The third-order valence-corrected chi connectivity index (χ3v) is 4.83. The van der Waals surface area contributed by atoms with E-state index in [0.717, 1.165) is 16.7 Å². The lowest BCUT2D eigenvalue weighted by molar-refractivity contribution is -0.115. The predicted octanol–water partition coefficient (Wildman–Crippen LogP) is 3.68. The molecule has 1 amide bonds. The first-order valence-corrected chi connectivity index (χ1v) is 8.88. The zero-order chi connectivity index (χ0) is 19.1. The molecule has 6 nitrogen and oxygen atoms in total. The standard InChI is InChI=1S/C20H18ClN5O/c1-11-4-3-5-14(10-11)17-16(18(22)27)12(2)23-20-24-19(25-26(17)20)13-6-8-15(21)9-7-13/h3-10,17H,1-2H3,(H2,22,27)(H,23,24,25)/t17-/m0/s1. The Kier molecular flexibility index (Phi) is 4.20. The molecule has 2 heterocycles. The van der Waals surface area contributed by atoms with Gasteiger partial charge in [0, 0.05) is 16.3 Å². The van der Waals surface area contributed by atoms with Crippen LogP contribution in [0.3, 0.4) is 0 Å². The lowest BCUT2D eigenvalue weighted by Crippen LogP contribution is -2.31. The molecule has 0 aliphatic carbocycles. The summed E-state index contributed by atoms with van der Waals surface area (Å²) in [5.41, 5.74) is 9.71. The lowest BCUT2D eigenvalue weighted by Gasteiger charge is -2.27. The van der Waals surface area contributed by atoms with E-state index in [4.69, 9.17) is 17.3 Å². The predicted molar refractivity (Wildman–Crippen MR) is 105 cm³/mol. The van der Waals surface area contributed by atoms with E-state index < -0.39 is 11.9 Å². The molecule has 0 unspecified atom stereocenters. The van der Waals surface area contributed by atoms with Crippen LogP contribution in [0.5, 0.6) is 0 Å². The van der Waals surface area contributed by atoms with E-state index in [1.54, 1.807) is 16.8 Å². The molecule has 0 saturated heterocycles. The van der Waals surface area contributed by atoms with E-state index in [-0.39, 0.29) is 0 Å². The van der Waals surface area contributed by atoms with E-state index in [2.05, 4.69) is 15.4 Å². The maximum absolute atomic E-state index is 12.2. The highest BCUT2D eigenvalue weighted by Gasteiger charge is 2.33. The van der Waals surface area contributed by atoms with Gasteiger partial charge in [-0.15, -0.1) is 5.10 Å². The number of allylic oxidation sites excluding steroid dienone is 1. The third-order valence-electron chi connectivity index (χ3n) is 4.58. The summed E-state index contributed by atoms with van der Waals surface area (Å²) in [6.07, 6.45) is 0. The molecule has 7 heteroatoms. The van der Waals surface area contributed by atoms with E-state index >= 15 is 0 Å². The average molecular weight is 380 g/mol. The lowest BCUT2D eigenvalue weighted by atomic mass is 9.94. The Morgan fingerprint density at radius 2 is 1.93 bits per heavy atom. The summed E-state index contributed by atoms with van der Waals surface area (Å²) in [7, 11) is 0. The highest BCUT2D eigenvalue weighted by atomic mass is 35.5. The van der Waals surface area contributed by atoms with Gasteiger partial charge in [0.15, 0.2) is 5.82 Å². The van der Waals surface area contributed by atoms with Crippen LogP contribution >= 0.6 is 11.6 Å². The SMILES string of the molecule is CC1=C(C(N)=O)[C@H](c2cccc(C)c2)n2nc(-c3ccc(Cl)cc3)nc2N1. The highest BCUT2D eigenvalue weighted by molar-refractivity contribution is 6.30. The van der Waals surface area contributed by atoms with Crippen molar-refractivity contribution in [3.05, 3.63) is 76.0 Å². The molecule has 3 N–H and O–H groups in total. The van der Waals surface area contributed by atoms with Crippen LogP contribution in [0.15, 0.2) is 59.8 Å². The van der Waals surface area contributed by atoms with Crippen molar-refractivity contribution in [3.63, 3.8) is 0 Å². The fourth-order valence-corrected chi connectivity index (χ4v) is 3.47. The van der Waals surface area contributed by atoms with E-state index in [9.17, 15) is 4.79 Å². The van der Waals surface area contributed by atoms with E-state index in [1.165, 1.54) is 0 Å². The monoisotopic (exact) mass is 379 g/mol. The van der Waals surface area contributed by atoms with Gasteiger partial charge in [0.05, 0.1) is 5.57 Å². The first-order valence-electron chi connectivity index (χ1n) is 8.50. The number of nitrogens with two attached hydrogens (primary N) is 1. The molecule has 1 aliphatic heterocycles. The fourth-order valence-electron chi connectivity index (χ4n) is 3.34. The Balaban J connectivity index is 1.88. The molecule has 1 atom stereocenters. The van der Waals surface area contributed by atoms with Crippen LogP contribution < -0.4 is 11.1 Å². The summed E-state index contributed by atoms with van der Waals surface area (Å²) in [5.74, 6) is 0.625. The fraction of sp³-hybridized carbons (Fsp3) is 0.150. The minimum Gasteiger partial charge on any atom is -0.366 e. The van der Waals surface area contributed by atoms with Gasteiger partial charge in [0.1, 0.15) is 6.04 Å². The molecule has 0 spiro atoms. The molecule has 1 aliphatic rings. The van der Waals surface area contributed by atoms with Crippen molar-refractivity contribution in [1.82, 2.24) is 14.8 Å². The summed E-state index contributed by atoms with van der Waals surface area (Å²) in [5, 5.41) is 8.46. The number of hydrogen-bond acceptors (Lipinski definition) is 4. The second kappa shape index (κ2) is 6.55. The van der Waals surface area contributed by atoms with Gasteiger partial charge in [-0.3, -0.25) is 4.79 Å². The van der Waals surface area contributed by atoms with Crippen molar-refractivity contribution in [1.29, 1.82) is 0 Å². The molecule has 2 aromatic carbocycles. The Hall–Kier alpha value is -3.12. The number of carbonyl (C=O) groups is 1. The third kappa shape index (κ3) is 3.08. The second-order valence-corrected chi connectivity index (χ2v) is 6.99. The van der Waals surface area contributed by atoms with Crippen molar-refractivity contribution < 1.29 is 4.79 Å². The summed E-state index contributed by atoms with van der Waals surface area (Å²) in [6.45, 7) is 3.83. The minimum absolute atomic E-state index is 0.438. The first kappa shape index (κ1) is 17.3. The van der Waals surface area contributed by atoms with Gasteiger partial charge in [0.2, 0.25) is 11.9 Å². The number of nitrogens with zero attached hydrogens (tertiary/aromatic N) is 3. The number of nitrogens with one attached hydrogen (secondary N) is 1. The van der Waals surface area contributed by atoms with Crippen LogP contribution in [-0.2, 0) is 4.79 Å². The zero-order valence-electron chi connectivity index (χ0n) is 14.9. The van der Waals surface area contributed by atoms with Crippen molar-refractivity contribution in [2.75, 3.05) is 5.32 Å². The van der Waals surface area contributed by atoms with Crippen LogP contribution in [0.4, 0.5) is 5.95 Å². The minimum atomic E-state index is -0.485. The molecule has 0 fully saturated rings. The maximum Gasteiger partial charge on any atom is 0.248 e. The molecule has 0 saturated carbocycles. The number of rotatable bonds is 3. The van der Waals surface area contributed by atoms with E-state index in [1.807, 2.05) is 50.2 Å². The number of primary amides is 1. The van der Waals surface area contributed by atoms with Crippen LogP contribution in [0.25, 0.3) is 11.4 Å². The molecule has 0 radical (unpaired) electrons. The van der Waals surface area contributed by atoms with Gasteiger partial charge in [-0.2, -0.15) is 4.98 Å². The topological polar surface area (TPSA) is 85.8 Å². The number of benzene rings is 2. The second-order valence-electron chi connectivity index (χ2n) is 6.56. The Morgan fingerprint density at radius 3 is 2.59 bits per heavy atom. The van der Waals surface area contributed by atoms with Crippen LogP contribution in [0.2, 0.25) is 5.02 Å². The molecule has 1 aromatic heterocycles. The van der Waals surface area contributed by atoms with Gasteiger partial charge in [0.25, 0.3) is 0 Å². The van der Waals surface area contributed by atoms with Crippen LogP contribution in [0.1, 0.15) is 24.1 Å². The average Bonchev–Trinajstić information content (AvgIpc) is 3.04. The molecular weight excluding hydrogens is 362 g/mol. The molecule has 3 aromatic rings. The van der Waals surface area contributed by atoms with Crippen molar-refractivity contribution in [2.45, 2.75) is 19.9 Å². The number of aromatic nitrogens is 3. The number of aryl methyl sites for hydroxylation is 1. The Bertz CT molecular complexity index is 1070. The number of carbonyl (C=O) groups excluding carboxylic acids is 1. The Morgan fingerprint density at radius 1 is 1.19 bits per heavy atom. The largest absolute Gasteiger partial charge is 0.366 e.